The number of Topliss-reactive ketones (excluding diaryl/α,β-unsaturated/α-hetero) is 2. The number of carbonyl (C=O) groups is 8. The largest absolute Gasteiger partial charge is 0.391 e. The van der Waals surface area contributed by atoms with Crippen LogP contribution in [0.2, 0.25) is 0 Å². The summed E-state index contributed by atoms with van der Waals surface area (Å²) in [5, 5.41) is 22.8. The van der Waals surface area contributed by atoms with Gasteiger partial charge in [-0.3, -0.25) is 38.5 Å². The lowest BCUT2D eigenvalue weighted by atomic mass is 9.81. The van der Waals surface area contributed by atoms with E-state index in [0.717, 1.165) is 48.2 Å². The summed E-state index contributed by atoms with van der Waals surface area (Å²) < 4.78 is 72.8. The SMILES string of the molecule is C=C1C[C@@H]2CC[C@@]34C[C@H]5OC6C(O[C@H]7CC[C@H](CC(=O)C[C@@H]8[C@@H](OC)[C@@H](C[C@H](O)CNC(=O)[C@H](CCCNC(N)=O)NC(=O)[C@@H](NC(=O)CC9COCC(C(=O)CCCCN%10C(=O)C=CC%10=O)COC9)C(C)C)O[C@H]8C[C@H]8O[C@@H](CC[C@@H]1O2)C[C@@H](C)C8=C)O[C@@H]7[C@@H]6O3)[C@H]5O4. The fourth-order valence-electron chi connectivity index (χ4n) is 16.3. The van der Waals surface area contributed by atoms with E-state index >= 15 is 0 Å². The van der Waals surface area contributed by atoms with Gasteiger partial charge in [-0.25, -0.2) is 4.79 Å². The number of amides is 7. The number of nitrogens with two attached hydrogens (primary N) is 1. The van der Waals surface area contributed by atoms with Gasteiger partial charge in [0.25, 0.3) is 11.8 Å². The van der Waals surface area contributed by atoms with E-state index in [4.69, 9.17) is 57.8 Å². The Morgan fingerprint density at radius 1 is 0.745 bits per heavy atom. The molecule has 12 aliphatic rings. The number of imide groups is 1. The Labute approximate surface area is 550 Å². The third-order valence-corrected chi connectivity index (χ3v) is 21.3. The zero-order valence-electron chi connectivity index (χ0n) is 55.0. The third kappa shape index (κ3) is 16.7. The lowest BCUT2D eigenvalue weighted by Gasteiger charge is -2.47. The van der Waals surface area contributed by atoms with Gasteiger partial charge in [-0.15, -0.1) is 0 Å². The maximum absolute atomic E-state index is 14.6. The highest BCUT2D eigenvalue weighted by Gasteiger charge is 2.69. The number of hydrogen-bond acceptors (Lipinski definition) is 20. The molecule has 0 aromatic heterocycles. The molecule has 0 aromatic rings. The third-order valence-electron chi connectivity index (χ3n) is 21.3. The molecule has 2 unspecified atom stereocenters. The van der Waals surface area contributed by atoms with E-state index in [-0.39, 0.29) is 169 Å². The molecule has 0 saturated carbocycles. The molecular formula is C68H100N6O20. The van der Waals surface area contributed by atoms with E-state index in [2.05, 4.69) is 41.3 Å². The fraction of sp³-hybridized carbons (Fsp3) is 0.794. The second-order valence-electron chi connectivity index (χ2n) is 28.6. The number of aliphatic hydroxyl groups excluding tert-OH is 1. The van der Waals surface area contributed by atoms with Crippen molar-refractivity contribution in [2.45, 2.75) is 258 Å². The summed E-state index contributed by atoms with van der Waals surface area (Å²) in [4.78, 5) is 106. The summed E-state index contributed by atoms with van der Waals surface area (Å²) in [7, 11) is 1.57. The first-order valence-electron chi connectivity index (χ1n) is 34.6. The zero-order chi connectivity index (χ0) is 66.5. The summed E-state index contributed by atoms with van der Waals surface area (Å²) in [5.41, 5.74) is 7.34. The van der Waals surface area contributed by atoms with Crippen LogP contribution < -0.4 is 27.0 Å². The van der Waals surface area contributed by atoms with Crippen LogP contribution in [0.15, 0.2) is 36.5 Å². The molecule has 11 saturated heterocycles. The summed E-state index contributed by atoms with van der Waals surface area (Å²) >= 11 is 0. The van der Waals surface area contributed by atoms with Gasteiger partial charge in [0.2, 0.25) is 17.7 Å². The number of primary amides is 1. The molecule has 12 bridgehead atoms. The molecule has 26 nitrogen and oxygen atoms in total. The first-order valence-corrected chi connectivity index (χ1v) is 34.6. The Morgan fingerprint density at radius 3 is 2.20 bits per heavy atom. The molecule has 21 atom stereocenters. The number of hydrogen-bond donors (Lipinski definition) is 6. The average Bonchev–Trinajstić information content (AvgIpc) is 1.55. The Balaban J connectivity index is 0.706. The zero-order valence-corrected chi connectivity index (χ0v) is 55.0. The van der Waals surface area contributed by atoms with Crippen molar-refractivity contribution in [2.24, 2.45) is 35.3 Å². The molecule has 0 aromatic carbocycles. The summed E-state index contributed by atoms with van der Waals surface area (Å²) in [6, 6.07) is -3.00. The minimum Gasteiger partial charge on any atom is -0.391 e. The van der Waals surface area contributed by atoms with Gasteiger partial charge >= 0.3 is 6.03 Å². The number of methoxy groups -OCH3 is 1. The molecule has 7 N–H and O–H groups in total. The highest BCUT2D eigenvalue weighted by Crippen LogP contribution is 2.54. The van der Waals surface area contributed by atoms with Crippen molar-refractivity contribution >= 4 is 47.1 Å². The number of unbranched alkanes of at least 4 members (excludes halogenated alkanes) is 1. The molecular weight excluding hydrogens is 1220 g/mol. The number of rotatable bonds is 22. The van der Waals surface area contributed by atoms with Crippen LogP contribution in [0.1, 0.15) is 143 Å². The number of ether oxygens (including phenoxy) is 11. The minimum absolute atomic E-state index is 0.00892. The molecule has 522 valence electrons. The molecule has 12 heterocycles. The summed E-state index contributed by atoms with van der Waals surface area (Å²) in [5.74, 6) is -5.06. The number of fused-ring (bicyclic) bond motifs is 6. The minimum atomic E-state index is -1.18. The van der Waals surface area contributed by atoms with Crippen LogP contribution in [0, 0.1) is 29.6 Å². The van der Waals surface area contributed by atoms with Gasteiger partial charge in [-0.2, -0.15) is 0 Å². The number of aliphatic hydroxyl groups is 1. The molecule has 0 aliphatic carbocycles. The van der Waals surface area contributed by atoms with Gasteiger partial charge in [0.05, 0.1) is 99.5 Å². The maximum atomic E-state index is 14.6. The van der Waals surface area contributed by atoms with Crippen molar-refractivity contribution in [3.8, 4) is 0 Å². The van der Waals surface area contributed by atoms with Crippen molar-refractivity contribution in [2.75, 3.05) is 53.2 Å². The Hall–Kier alpha value is -5.10. The number of nitrogens with zero attached hydrogens (tertiary/aromatic N) is 1. The second-order valence-corrected chi connectivity index (χ2v) is 28.6. The number of urea groups is 1. The normalized spacial score (nSPS) is 38.3. The van der Waals surface area contributed by atoms with Gasteiger partial charge in [0, 0.05) is 102 Å². The van der Waals surface area contributed by atoms with E-state index in [1.54, 1.807) is 21.0 Å². The highest BCUT2D eigenvalue weighted by molar-refractivity contribution is 6.12. The van der Waals surface area contributed by atoms with E-state index in [1.165, 1.54) is 12.2 Å². The van der Waals surface area contributed by atoms with E-state index in [9.17, 15) is 43.5 Å². The number of carbonyl (C=O) groups excluding carboxylic acids is 8. The van der Waals surface area contributed by atoms with Gasteiger partial charge in [0.15, 0.2) is 5.79 Å². The fourth-order valence-corrected chi connectivity index (χ4v) is 16.3. The molecule has 0 radical (unpaired) electrons. The molecule has 1 spiro atoms. The molecule has 94 heavy (non-hydrogen) atoms. The van der Waals surface area contributed by atoms with Crippen LogP contribution in [0.25, 0.3) is 0 Å². The Bertz CT molecular complexity index is 2790. The Kier molecular flexibility index (Phi) is 23.3. The van der Waals surface area contributed by atoms with Crippen molar-refractivity contribution in [3.63, 3.8) is 0 Å². The van der Waals surface area contributed by atoms with Gasteiger partial charge in [-0.1, -0.05) is 33.9 Å². The van der Waals surface area contributed by atoms with Crippen molar-refractivity contribution in [1.29, 1.82) is 0 Å². The topological polar surface area (TPSA) is 336 Å². The van der Waals surface area contributed by atoms with Gasteiger partial charge in [0.1, 0.15) is 54.2 Å². The summed E-state index contributed by atoms with van der Waals surface area (Å²) in [6.07, 6.45) is 4.46. The van der Waals surface area contributed by atoms with E-state index < -0.39 is 114 Å². The van der Waals surface area contributed by atoms with Crippen LogP contribution in [-0.4, -0.2) is 226 Å². The lowest BCUT2D eigenvalue weighted by molar-refractivity contribution is -0.292. The van der Waals surface area contributed by atoms with Crippen molar-refractivity contribution in [1.82, 2.24) is 26.2 Å². The number of ketones is 2. The van der Waals surface area contributed by atoms with E-state index in [0.29, 0.717) is 44.9 Å². The van der Waals surface area contributed by atoms with E-state index in [1.807, 2.05) is 0 Å². The van der Waals surface area contributed by atoms with Gasteiger partial charge in [-0.05, 0) is 93.6 Å². The monoisotopic (exact) mass is 1320 g/mol. The molecule has 7 amide bonds. The number of nitrogens with one attached hydrogen (secondary N) is 4. The van der Waals surface area contributed by atoms with Crippen LogP contribution in [-0.2, 0) is 85.7 Å². The second kappa shape index (κ2) is 31.2. The first-order chi connectivity index (χ1) is 45.1. The quantitative estimate of drug-likeness (QED) is 0.0515. The highest BCUT2D eigenvalue weighted by atomic mass is 16.8. The molecule has 11 fully saturated rings. The standard InChI is InChI=1S/C68H100N6O20/c1-35(2)58(73-55(78)24-39-31-85-33-40(34-86-32-39)48(77)11-7-8-21-74-56(79)16-17-57(74)80)66(82)72-47(10-9-20-70-67(69)83)65(81)71-30-42(76)27-53-59(84-6)46-26-41(75)25-44-13-15-50-60(89-44)64-63-62(91-50)61-54(92-63)29-68(93-61,94-64)19-18-45-23-37(4)49(87-45)14-12-43-22-36(3)38(5)51(88-43)28-52(46)90-53/h16-17,35-36,39-40,42-47,49-54,58-64,76H,4-5,7-15,18-34H2,1-3,6H3,(H,71,81)(H,72,82)(H,73,78)(H3,69,70,83)/t36-,39?,40?,42+,43+,44-,45+,46+,47+,49+,50+,51-,52+,53-,54-,58+,59-,60+,61+,62?,63?,64+,68+/m1/s1. The first kappa shape index (κ1) is 70.2. The lowest BCUT2D eigenvalue weighted by Crippen LogP contribution is -2.61. The van der Waals surface area contributed by atoms with Crippen LogP contribution in [0.3, 0.4) is 0 Å². The predicted molar refractivity (Wildman–Crippen MR) is 334 cm³/mol. The van der Waals surface area contributed by atoms with Crippen molar-refractivity contribution < 1.29 is 95.6 Å². The molecule has 26 heteroatoms. The smallest absolute Gasteiger partial charge is 0.312 e. The summed E-state index contributed by atoms with van der Waals surface area (Å²) in [6.45, 7) is 15.2. The van der Waals surface area contributed by atoms with Crippen LogP contribution in [0.4, 0.5) is 4.79 Å². The maximum Gasteiger partial charge on any atom is 0.312 e. The van der Waals surface area contributed by atoms with Crippen LogP contribution >= 0.6 is 0 Å². The molecule has 12 aliphatic heterocycles. The van der Waals surface area contributed by atoms with Gasteiger partial charge < -0.3 is 84.2 Å². The predicted octanol–water partition coefficient (Wildman–Crippen LogP) is 3.00. The van der Waals surface area contributed by atoms with Crippen LogP contribution in [0.5, 0.6) is 0 Å². The van der Waals surface area contributed by atoms with Crippen molar-refractivity contribution in [3.05, 3.63) is 36.5 Å². The Morgan fingerprint density at radius 2 is 1.46 bits per heavy atom. The average molecular weight is 1320 g/mol. The molecule has 12 rings (SSSR count).